The van der Waals surface area contributed by atoms with Crippen LogP contribution in [-0.2, 0) is 0 Å². The van der Waals surface area contributed by atoms with Crippen LogP contribution in [-0.4, -0.2) is 5.11 Å². The number of nitrogen functional groups attached to an aromatic ring is 2. The number of benzene rings is 2. The van der Waals surface area contributed by atoms with Crippen LogP contribution in [0.15, 0.2) is 36.4 Å². The molecule has 0 unspecified atom stereocenters. The minimum absolute atomic E-state index is 0.519. The largest absolute Gasteiger partial charge is 0.397 e. The Hall–Kier alpha value is -2.00. The molecule has 1 aliphatic carbocycles. The van der Waals surface area contributed by atoms with Gasteiger partial charge in [-0.15, -0.1) is 0 Å². The van der Waals surface area contributed by atoms with Crippen LogP contribution in [0.4, 0.5) is 11.4 Å². The van der Waals surface area contributed by atoms with E-state index >= 15 is 0 Å². The molecule has 1 aliphatic rings. The molecule has 2 aromatic carbocycles. The van der Waals surface area contributed by atoms with E-state index in [4.69, 9.17) is 11.5 Å². The highest BCUT2D eigenvalue weighted by atomic mass is 16.3. The van der Waals surface area contributed by atoms with Crippen LogP contribution in [0.25, 0.3) is 11.1 Å². The van der Waals surface area contributed by atoms with E-state index in [9.17, 15) is 5.11 Å². The summed E-state index contributed by atoms with van der Waals surface area (Å²) in [4.78, 5) is 0. The number of aliphatic hydroxyl groups excluding tert-OH is 1. The summed E-state index contributed by atoms with van der Waals surface area (Å²) in [6, 6.07) is 11.4. The fraction of sp³-hybridized carbons (Fsp3) is 0.0769. The molecule has 0 amide bonds. The van der Waals surface area contributed by atoms with Gasteiger partial charge >= 0.3 is 0 Å². The van der Waals surface area contributed by atoms with E-state index in [1.54, 1.807) is 6.07 Å². The number of fused-ring (bicyclic) bond motifs is 3. The van der Waals surface area contributed by atoms with Gasteiger partial charge in [-0.1, -0.05) is 24.3 Å². The second kappa shape index (κ2) is 3.00. The number of rotatable bonds is 0. The Kier molecular flexibility index (Phi) is 1.73. The van der Waals surface area contributed by atoms with Gasteiger partial charge in [0.25, 0.3) is 0 Å². The first-order valence-electron chi connectivity index (χ1n) is 5.14. The fourth-order valence-electron chi connectivity index (χ4n) is 2.26. The van der Waals surface area contributed by atoms with Crippen molar-refractivity contribution in [1.29, 1.82) is 0 Å². The third kappa shape index (κ3) is 1.06. The second-order valence-corrected chi connectivity index (χ2v) is 4.06. The molecule has 3 nitrogen and oxygen atoms in total. The molecular formula is C13H12N2O. The maximum atomic E-state index is 10.2. The van der Waals surface area contributed by atoms with Gasteiger partial charge in [-0.2, -0.15) is 0 Å². The molecule has 0 radical (unpaired) electrons. The Labute approximate surface area is 93.3 Å². The van der Waals surface area contributed by atoms with Gasteiger partial charge < -0.3 is 16.6 Å². The van der Waals surface area contributed by atoms with Crippen molar-refractivity contribution in [3.05, 3.63) is 47.5 Å². The Morgan fingerprint density at radius 3 is 2.38 bits per heavy atom. The number of hydrogen-bond acceptors (Lipinski definition) is 3. The van der Waals surface area contributed by atoms with Crippen LogP contribution in [0.5, 0.6) is 0 Å². The molecule has 3 rings (SSSR count). The summed E-state index contributed by atoms with van der Waals surface area (Å²) in [6.45, 7) is 0. The summed E-state index contributed by atoms with van der Waals surface area (Å²) in [5.41, 5.74) is 16.4. The second-order valence-electron chi connectivity index (χ2n) is 4.06. The minimum atomic E-state index is -0.589. The normalized spacial score (nSPS) is 16.9. The molecule has 2 aromatic rings. The molecule has 0 heterocycles. The molecule has 0 fully saturated rings. The number of aliphatic hydroxyl groups is 1. The Balaban J connectivity index is 2.34. The average molecular weight is 212 g/mol. The molecule has 16 heavy (non-hydrogen) atoms. The van der Waals surface area contributed by atoms with Gasteiger partial charge in [0.05, 0.1) is 11.4 Å². The van der Waals surface area contributed by atoms with Crippen LogP contribution < -0.4 is 11.5 Å². The highest BCUT2D eigenvalue weighted by Gasteiger charge is 2.27. The van der Waals surface area contributed by atoms with Crippen molar-refractivity contribution >= 4 is 11.4 Å². The van der Waals surface area contributed by atoms with E-state index < -0.39 is 6.10 Å². The van der Waals surface area contributed by atoms with Gasteiger partial charge in [0.1, 0.15) is 6.10 Å². The summed E-state index contributed by atoms with van der Waals surface area (Å²) < 4.78 is 0. The topological polar surface area (TPSA) is 72.3 Å². The van der Waals surface area contributed by atoms with Gasteiger partial charge in [0.2, 0.25) is 0 Å². The SMILES string of the molecule is Nc1cc2c(cc1N)[C@H](O)c1ccccc1-2. The third-order valence-corrected chi connectivity index (χ3v) is 3.10. The van der Waals surface area contributed by atoms with Crippen molar-refractivity contribution < 1.29 is 5.11 Å². The fourth-order valence-corrected chi connectivity index (χ4v) is 2.26. The summed E-state index contributed by atoms with van der Waals surface area (Å²) in [5, 5.41) is 10.2. The zero-order chi connectivity index (χ0) is 11.3. The first kappa shape index (κ1) is 9.24. The molecular weight excluding hydrogens is 200 g/mol. The third-order valence-electron chi connectivity index (χ3n) is 3.10. The molecule has 0 saturated heterocycles. The zero-order valence-electron chi connectivity index (χ0n) is 8.64. The summed E-state index contributed by atoms with van der Waals surface area (Å²) in [6.07, 6.45) is -0.589. The Bertz CT molecular complexity index is 578. The van der Waals surface area contributed by atoms with Crippen LogP contribution in [0.1, 0.15) is 17.2 Å². The van der Waals surface area contributed by atoms with E-state index in [-0.39, 0.29) is 0 Å². The van der Waals surface area contributed by atoms with Crippen molar-refractivity contribution in [2.45, 2.75) is 6.10 Å². The first-order chi connectivity index (χ1) is 7.68. The molecule has 1 atom stereocenters. The van der Waals surface area contributed by atoms with E-state index in [2.05, 4.69) is 0 Å². The lowest BCUT2D eigenvalue weighted by Gasteiger charge is -2.07. The molecule has 0 saturated carbocycles. The minimum Gasteiger partial charge on any atom is -0.397 e. The predicted octanol–water partition coefficient (Wildman–Crippen LogP) is 1.91. The Morgan fingerprint density at radius 2 is 1.56 bits per heavy atom. The molecule has 0 spiro atoms. The summed E-state index contributed by atoms with van der Waals surface area (Å²) in [5.74, 6) is 0. The van der Waals surface area contributed by atoms with Crippen molar-refractivity contribution in [3.8, 4) is 11.1 Å². The standard InChI is InChI=1S/C13H12N2O/c14-11-5-9-7-3-1-2-4-8(7)13(16)10(9)6-12(11)15/h1-6,13,16H,14-15H2/t13-/m1/s1. The first-order valence-corrected chi connectivity index (χ1v) is 5.14. The molecule has 0 aromatic heterocycles. The predicted molar refractivity (Wildman–Crippen MR) is 64.8 cm³/mol. The lowest BCUT2D eigenvalue weighted by atomic mass is 10.0. The molecule has 5 N–H and O–H groups in total. The van der Waals surface area contributed by atoms with Crippen molar-refractivity contribution in [2.75, 3.05) is 11.5 Å². The van der Waals surface area contributed by atoms with Crippen molar-refractivity contribution in [3.63, 3.8) is 0 Å². The lowest BCUT2D eigenvalue weighted by molar-refractivity contribution is 0.225. The monoisotopic (exact) mass is 212 g/mol. The highest BCUT2D eigenvalue weighted by molar-refractivity contribution is 5.84. The van der Waals surface area contributed by atoms with E-state index in [0.717, 1.165) is 22.3 Å². The van der Waals surface area contributed by atoms with Gasteiger partial charge in [-0.05, 0) is 34.4 Å². The quantitative estimate of drug-likeness (QED) is 0.584. The van der Waals surface area contributed by atoms with E-state index in [1.165, 1.54) is 0 Å². The number of nitrogens with two attached hydrogens (primary N) is 2. The zero-order valence-corrected chi connectivity index (χ0v) is 8.64. The molecule has 0 aliphatic heterocycles. The van der Waals surface area contributed by atoms with Gasteiger partial charge in [0, 0.05) is 0 Å². The van der Waals surface area contributed by atoms with Gasteiger partial charge in [-0.3, -0.25) is 0 Å². The Morgan fingerprint density at radius 1 is 0.875 bits per heavy atom. The van der Waals surface area contributed by atoms with Crippen LogP contribution in [0.3, 0.4) is 0 Å². The van der Waals surface area contributed by atoms with Crippen molar-refractivity contribution in [2.24, 2.45) is 0 Å². The smallest absolute Gasteiger partial charge is 0.105 e. The maximum absolute atomic E-state index is 10.2. The number of anilines is 2. The average Bonchev–Trinajstić information content (AvgIpc) is 2.55. The molecule has 0 bridgehead atoms. The molecule has 3 heteroatoms. The van der Waals surface area contributed by atoms with Crippen molar-refractivity contribution in [1.82, 2.24) is 0 Å². The van der Waals surface area contributed by atoms with Crippen LogP contribution in [0.2, 0.25) is 0 Å². The van der Waals surface area contributed by atoms with E-state index in [1.807, 2.05) is 30.3 Å². The van der Waals surface area contributed by atoms with E-state index in [0.29, 0.717) is 11.4 Å². The summed E-state index contributed by atoms with van der Waals surface area (Å²) in [7, 11) is 0. The number of hydrogen-bond donors (Lipinski definition) is 3. The highest BCUT2D eigenvalue weighted by Crippen LogP contribution is 2.45. The summed E-state index contributed by atoms with van der Waals surface area (Å²) >= 11 is 0. The van der Waals surface area contributed by atoms with Crippen LogP contribution >= 0.6 is 0 Å². The molecule has 80 valence electrons. The maximum Gasteiger partial charge on any atom is 0.105 e. The van der Waals surface area contributed by atoms with Crippen LogP contribution in [0, 0.1) is 0 Å². The van der Waals surface area contributed by atoms with Gasteiger partial charge in [-0.25, -0.2) is 0 Å². The lowest BCUT2D eigenvalue weighted by Crippen LogP contribution is -1.98. The van der Waals surface area contributed by atoms with Gasteiger partial charge in [0.15, 0.2) is 0 Å².